The summed E-state index contributed by atoms with van der Waals surface area (Å²) < 4.78 is 34.3. The molecule has 0 aliphatic heterocycles. The van der Waals surface area contributed by atoms with Crippen LogP contribution in [0.2, 0.25) is 9.36 Å². The number of hydrogen-bond acceptors (Lipinski definition) is 6. The van der Waals surface area contributed by atoms with Crippen molar-refractivity contribution >= 4 is 50.2 Å². The molecular weight excluding hydrogens is 529 g/mol. The van der Waals surface area contributed by atoms with E-state index in [9.17, 15) is 18.3 Å². The van der Waals surface area contributed by atoms with Crippen LogP contribution in [-0.2, 0) is 22.9 Å². The molecule has 0 saturated heterocycles. The van der Waals surface area contributed by atoms with Gasteiger partial charge in [0.1, 0.15) is 20.1 Å². The van der Waals surface area contributed by atoms with Gasteiger partial charge in [0, 0.05) is 23.6 Å². The lowest BCUT2D eigenvalue weighted by Gasteiger charge is -2.22. The van der Waals surface area contributed by atoms with Crippen molar-refractivity contribution in [2.45, 2.75) is 61.5 Å². The number of thiophene rings is 1. The molecule has 2 heterocycles. The molecular formula is C25H25Cl2NO5S2. The topological polar surface area (TPSA) is 96.6 Å². The van der Waals surface area contributed by atoms with E-state index in [1.807, 2.05) is 6.07 Å². The molecule has 2 aromatic heterocycles. The number of hydrogen-bond donors (Lipinski definition) is 2. The number of halogens is 2. The summed E-state index contributed by atoms with van der Waals surface area (Å²) in [6, 6.07) is 8.27. The van der Waals surface area contributed by atoms with Gasteiger partial charge in [-0.1, -0.05) is 48.2 Å². The summed E-state index contributed by atoms with van der Waals surface area (Å²) >= 11 is 12.8. The minimum Gasteiger partial charge on any atom is -0.507 e. The number of anilines is 1. The molecule has 10 heteroatoms. The number of aromatic hydroxyl groups is 1. The van der Waals surface area contributed by atoms with Gasteiger partial charge in [-0.15, -0.1) is 11.3 Å². The molecule has 1 saturated carbocycles. The van der Waals surface area contributed by atoms with Crippen LogP contribution in [0.25, 0.3) is 0 Å². The molecule has 1 atom stereocenters. The van der Waals surface area contributed by atoms with Crippen molar-refractivity contribution in [3.8, 4) is 5.75 Å². The molecule has 0 radical (unpaired) electrons. The van der Waals surface area contributed by atoms with Crippen molar-refractivity contribution < 1.29 is 17.9 Å². The summed E-state index contributed by atoms with van der Waals surface area (Å²) in [4.78, 5) is 13.1. The second-order valence-electron chi connectivity index (χ2n) is 9.20. The van der Waals surface area contributed by atoms with Crippen LogP contribution in [0, 0.1) is 5.92 Å². The Morgan fingerprint density at radius 3 is 2.51 bits per heavy atom. The third kappa shape index (κ3) is 5.12. The molecule has 0 bridgehead atoms. The monoisotopic (exact) mass is 553 g/mol. The van der Waals surface area contributed by atoms with Crippen molar-refractivity contribution in [1.82, 2.24) is 0 Å². The van der Waals surface area contributed by atoms with Gasteiger partial charge in [-0.25, -0.2) is 13.2 Å². The minimum atomic E-state index is -3.89. The largest absolute Gasteiger partial charge is 0.507 e. The highest BCUT2D eigenvalue weighted by Crippen LogP contribution is 2.49. The fourth-order valence-corrected chi connectivity index (χ4v) is 7.79. The summed E-state index contributed by atoms with van der Waals surface area (Å²) in [6.45, 7) is 0. The highest BCUT2D eigenvalue weighted by molar-refractivity contribution is 7.94. The highest BCUT2D eigenvalue weighted by atomic mass is 35.5. The zero-order valence-corrected chi connectivity index (χ0v) is 22.0. The van der Waals surface area contributed by atoms with Crippen LogP contribution in [0.1, 0.15) is 66.9 Å². The molecule has 2 N–H and O–H groups in total. The van der Waals surface area contributed by atoms with E-state index in [0.717, 1.165) is 61.0 Å². The third-order valence-electron chi connectivity index (χ3n) is 6.68. The van der Waals surface area contributed by atoms with Crippen LogP contribution in [0.15, 0.2) is 43.8 Å². The molecule has 6 nitrogen and oxygen atoms in total. The van der Waals surface area contributed by atoms with Crippen molar-refractivity contribution in [3.63, 3.8) is 0 Å². The molecule has 3 aromatic rings. The van der Waals surface area contributed by atoms with Crippen LogP contribution in [0.5, 0.6) is 5.75 Å². The van der Waals surface area contributed by atoms with E-state index in [1.165, 1.54) is 6.07 Å². The smallest absolute Gasteiger partial charge is 0.343 e. The van der Waals surface area contributed by atoms with Crippen LogP contribution in [0.4, 0.5) is 5.69 Å². The summed E-state index contributed by atoms with van der Waals surface area (Å²) in [5, 5.41) is 11.5. The highest BCUT2D eigenvalue weighted by Gasteiger charge is 2.38. The van der Waals surface area contributed by atoms with E-state index in [0.29, 0.717) is 24.3 Å². The quantitative estimate of drug-likeness (QED) is 0.353. The molecule has 2 aliphatic carbocycles. The lowest BCUT2D eigenvalue weighted by molar-refractivity contribution is 0.382. The average Bonchev–Trinajstić information content (AvgIpc) is 3.56. The van der Waals surface area contributed by atoms with Crippen molar-refractivity contribution in [3.05, 3.63) is 72.6 Å². The summed E-state index contributed by atoms with van der Waals surface area (Å²) in [5.41, 5.74) is 1.62. The first kappa shape index (κ1) is 24.7. The van der Waals surface area contributed by atoms with Crippen LogP contribution in [-0.4, -0.2) is 13.5 Å². The number of sulfonamides is 1. The SMILES string of the molecule is O=c1oc2c(c(O)c1C(c1cccc(NS(=O)(=O)c3cc(Cl)c(Cl)s3)c1)C1CC1)CCCCCC2. The van der Waals surface area contributed by atoms with Gasteiger partial charge < -0.3 is 9.52 Å². The van der Waals surface area contributed by atoms with E-state index < -0.39 is 15.6 Å². The van der Waals surface area contributed by atoms with Crippen molar-refractivity contribution in [1.29, 1.82) is 0 Å². The first-order valence-electron chi connectivity index (χ1n) is 11.7. The molecule has 2 aliphatic rings. The zero-order chi connectivity index (χ0) is 24.7. The van der Waals surface area contributed by atoms with Crippen LogP contribution >= 0.6 is 34.5 Å². The summed E-state index contributed by atoms with van der Waals surface area (Å²) in [7, 11) is -3.89. The number of nitrogens with one attached hydrogen (secondary N) is 1. The number of fused-ring (bicyclic) bond motifs is 1. The molecule has 35 heavy (non-hydrogen) atoms. The third-order valence-corrected chi connectivity index (χ3v) is 10.4. The molecule has 186 valence electrons. The lowest BCUT2D eigenvalue weighted by Crippen LogP contribution is -2.19. The normalized spacial score (nSPS) is 17.3. The van der Waals surface area contributed by atoms with Crippen molar-refractivity contribution in [2.24, 2.45) is 5.92 Å². The van der Waals surface area contributed by atoms with Gasteiger partial charge in [0.2, 0.25) is 0 Å². The molecule has 5 rings (SSSR count). The molecule has 1 fully saturated rings. The Morgan fingerprint density at radius 2 is 1.83 bits per heavy atom. The molecule has 1 aromatic carbocycles. The Kier molecular flexibility index (Phi) is 6.92. The maximum Gasteiger partial charge on any atom is 0.343 e. The Bertz CT molecular complexity index is 1410. The lowest BCUT2D eigenvalue weighted by atomic mass is 9.85. The Morgan fingerprint density at radius 1 is 1.09 bits per heavy atom. The second kappa shape index (κ2) is 9.81. The van der Waals surface area contributed by atoms with Gasteiger partial charge in [-0.3, -0.25) is 4.72 Å². The molecule has 0 amide bonds. The van der Waals surface area contributed by atoms with Crippen molar-refractivity contribution in [2.75, 3.05) is 4.72 Å². The maximum atomic E-state index is 13.1. The van der Waals surface area contributed by atoms with E-state index >= 15 is 0 Å². The number of rotatable bonds is 6. The predicted octanol–water partition coefficient (Wildman–Crippen LogP) is 6.72. The fourth-order valence-electron chi connectivity index (χ4n) is 4.86. The Balaban J connectivity index is 1.52. The van der Waals surface area contributed by atoms with E-state index in [1.54, 1.807) is 18.2 Å². The zero-order valence-electron chi connectivity index (χ0n) is 18.9. The summed E-state index contributed by atoms with van der Waals surface area (Å²) in [6.07, 6.45) is 7.22. The molecule has 0 spiro atoms. The Labute approximate surface area is 218 Å². The number of benzene rings is 1. The van der Waals surface area contributed by atoms with Gasteiger partial charge >= 0.3 is 5.63 Å². The van der Waals surface area contributed by atoms with Crippen LogP contribution in [0.3, 0.4) is 0 Å². The first-order valence-corrected chi connectivity index (χ1v) is 14.8. The average molecular weight is 555 g/mol. The Hall–Kier alpha value is -2.00. The number of aryl methyl sites for hydroxylation is 1. The van der Waals surface area contributed by atoms with E-state index in [-0.39, 0.29) is 36.7 Å². The standard InChI is InChI=1S/C25H25Cl2NO5S2/c26-18-13-20(34-24(18)27)35(31,32)28-16-7-5-6-15(12-16)21(14-10-11-14)22-23(29)17-8-3-1-2-4-9-19(17)33-25(22)30/h5-7,12-14,21,28-29H,1-4,8-11H2. The maximum absolute atomic E-state index is 13.1. The van der Waals surface area contributed by atoms with Crippen LogP contribution < -0.4 is 10.3 Å². The van der Waals surface area contributed by atoms with Gasteiger partial charge in [0.05, 0.1) is 10.6 Å². The van der Waals surface area contributed by atoms with Gasteiger partial charge in [0.15, 0.2) is 0 Å². The van der Waals surface area contributed by atoms with Gasteiger partial charge in [0.25, 0.3) is 10.0 Å². The summed E-state index contributed by atoms with van der Waals surface area (Å²) in [5.74, 6) is 0.443. The predicted molar refractivity (Wildman–Crippen MR) is 139 cm³/mol. The minimum absolute atomic E-state index is 0.0107. The van der Waals surface area contributed by atoms with Gasteiger partial charge in [-0.05, 0) is 61.8 Å². The first-order chi connectivity index (χ1) is 16.7. The van der Waals surface area contributed by atoms with E-state index in [4.69, 9.17) is 27.6 Å². The van der Waals surface area contributed by atoms with E-state index in [2.05, 4.69) is 4.72 Å². The molecule has 1 unspecified atom stereocenters. The van der Waals surface area contributed by atoms with Gasteiger partial charge in [-0.2, -0.15) is 0 Å². The fraction of sp³-hybridized carbons (Fsp3) is 0.400. The second-order valence-corrected chi connectivity index (χ2v) is 13.2.